The molecule has 5 rings (SSSR count). The summed E-state index contributed by atoms with van der Waals surface area (Å²) >= 11 is 0. The van der Waals surface area contributed by atoms with Crippen LogP contribution in [-0.2, 0) is 6.54 Å². The molecule has 0 N–H and O–H groups in total. The molecule has 0 fully saturated rings. The molecule has 0 spiro atoms. The molecule has 1 aromatic heterocycles. The van der Waals surface area contributed by atoms with Gasteiger partial charge in [-0.05, 0) is 55.0 Å². The van der Waals surface area contributed by atoms with E-state index in [1.54, 1.807) is 6.08 Å². The monoisotopic (exact) mass is 357 g/mol. The van der Waals surface area contributed by atoms with E-state index in [0.717, 1.165) is 23.0 Å². The van der Waals surface area contributed by atoms with Crippen molar-refractivity contribution in [2.24, 2.45) is 0 Å². The van der Waals surface area contributed by atoms with Gasteiger partial charge >= 0.3 is 0 Å². The first-order chi connectivity index (χ1) is 13.2. The van der Waals surface area contributed by atoms with Crippen LogP contribution in [0.5, 0.6) is 5.75 Å². The summed E-state index contributed by atoms with van der Waals surface area (Å²) in [5.41, 5.74) is 3.49. The number of hydrogen-bond acceptors (Lipinski definition) is 2. The van der Waals surface area contributed by atoms with Crippen LogP contribution in [0.2, 0.25) is 0 Å². The van der Waals surface area contributed by atoms with Gasteiger partial charge in [0.15, 0.2) is 5.76 Å². The predicted octanol–water partition coefficient (Wildman–Crippen LogP) is 5.57. The number of halogens is 1. The van der Waals surface area contributed by atoms with E-state index in [4.69, 9.17) is 4.74 Å². The quantitative estimate of drug-likeness (QED) is 0.439. The maximum absolute atomic E-state index is 13.4. The molecule has 1 aliphatic heterocycles. The molecular weight excluding hydrogens is 341 g/mol. The molecule has 0 aliphatic carbocycles. The summed E-state index contributed by atoms with van der Waals surface area (Å²) in [6, 6.07) is 18.4. The number of nitrogens with zero attached hydrogens (tertiary/aromatic N) is 1. The third-order valence-corrected chi connectivity index (χ3v) is 5.04. The summed E-state index contributed by atoms with van der Waals surface area (Å²) in [7, 11) is 0. The van der Waals surface area contributed by atoms with Gasteiger partial charge < -0.3 is 9.30 Å². The smallest absolute Gasteiger partial charge is 0.232 e. The number of ketones is 1. The van der Waals surface area contributed by atoms with Crippen molar-refractivity contribution < 1.29 is 13.9 Å². The summed E-state index contributed by atoms with van der Waals surface area (Å²) in [5, 5.41) is 2.31. The molecular formula is C23H16FNO2. The Balaban J connectivity index is 1.64. The van der Waals surface area contributed by atoms with Gasteiger partial charge in [-0.15, -0.1) is 0 Å². The molecule has 0 atom stereocenters. The fourth-order valence-corrected chi connectivity index (χ4v) is 3.81. The van der Waals surface area contributed by atoms with Crippen molar-refractivity contribution in [3.63, 3.8) is 0 Å². The number of ether oxygens (including phenoxy) is 1. The maximum Gasteiger partial charge on any atom is 0.232 e. The third-order valence-electron chi connectivity index (χ3n) is 5.04. The molecule has 3 aromatic carbocycles. The van der Waals surface area contributed by atoms with Crippen LogP contribution < -0.4 is 4.74 Å². The Morgan fingerprint density at radius 2 is 1.81 bits per heavy atom. The van der Waals surface area contributed by atoms with Crippen molar-refractivity contribution in [3.05, 3.63) is 83.4 Å². The lowest BCUT2D eigenvalue weighted by Gasteiger charge is -2.03. The zero-order chi connectivity index (χ0) is 18.5. The standard InChI is InChI=1S/C23H16FNO2/c1-2-25-19-6-4-3-5-16(19)17-11-14(7-9-20(17)25)12-22-23(26)18-13-15(24)8-10-21(18)27-22/h3-13H,2H2,1H3/b22-12-. The average Bonchev–Trinajstić information content (AvgIpc) is 3.16. The molecule has 0 unspecified atom stereocenters. The van der Waals surface area contributed by atoms with Crippen LogP contribution in [0.3, 0.4) is 0 Å². The second-order valence-corrected chi connectivity index (χ2v) is 6.62. The third kappa shape index (κ3) is 2.37. The molecule has 3 nitrogen and oxygen atoms in total. The molecule has 4 heteroatoms. The van der Waals surface area contributed by atoms with E-state index < -0.39 is 5.82 Å². The van der Waals surface area contributed by atoms with Gasteiger partial charge in [0, 0.05) is 28.4 Å². The highest BCUT2D eigenvalue weighted by Crippen LogP contribution is 2.34. The van der Waals surface area contributed by atoms with Crippen molar-refractivity contribution in [1.29, 1.82) is 0 Å². The summed E-state index contributed by atoms with van der Waals surface area (Å²) in [4.78, 5) is 12.5. The number of carbonyl (C=O) groups is 1. The van der Waals surface area contributed by atoms with E-state index in [9.17, 15) is 9.18 Å². The van der Waals surface area contributed by atoms with Gasteiger partial charge in [0.1, 0.15) is 11.6 Å². The van der Waals surface area contributed by atoms with Crippen molar-refractivity contribution in [1.82, 2.24) is 4.57 Å². The molecule has 1 aliphatic rings. The first kappa shape index (κ1) is 15.8. The highest BCUT2D eigenvalue weighted by atomic mass is 19.1. The number of carbonyl (C=O) groups excluding carboxylic acids is 1. The molecule has 132 valence electrons. The molecule has 0 saturated heterocycles. The molecule has 0 amide bonds. The predicted molar refractivity (Wildman–Crippen MR) is 104 cm³/mol. The van der Waals surface area contributed by atoms with E-state index in [0.29, 0.717) is 5.75 Å². The van der Waals surface area contributed by atoms with Crippen molar-refractivity contribution in [2.75, 3.05) is 0 Å². The zero-order valence-electron chi connectivity index (χ0n) is 14.7. The van der Waals surface area contributed by atoms with Crippen LogP contribution in [0, 0.1) is 5.82 Å². The fourth-order valence-electron chi connectivity index (χ4n) is 3.81. The second-order valence-electron chi connectivity index (χ2n) is 6.62. The minimum absolute atomic E-state index is 0.217. The van der Waals surface area contributed by atoms with Gasteiger partial charge in [-0.25, -0.2) is 4.39 Å². The molecule has 0 bridgehead atoms. The maximum atomic E-state index is 13.4. The van der Waals surface area contributed by atoms with Crippen LogP contribution in [-0.4, -0.2) is 10.4 Å². The Labute approximate surface area is 155 Å². The summed E-state index contributed by atoms with van der Waals surface area (Å²) in [6.07, 6.45) is 1.72. The van der Waals surface area contributed by atoms with Crippen molar-refractivity contribution in [3.8, 4) is 5.75 Å². The van der Waals surface area contributed by atoms with E-state index in [1.807, 2.05) is 18.2 Å². The highest BCUT2D eigenvalue weighted by Gasteiger charge is 2.27. The van der Waals surface area contributed by atoms with Gasteiger partial charge in [0.05, 0.1) is 5.56 Å². The summed E-state index contributed by atoms with van der Waals surface area (Å²) in [6.45, 7) is 3.01. The number of allylic oxidation sites excluding steroid dienone is 1. The number of aryl methyl sites for hydroxylation is 1. The first-order valence-corrected chi connectivity index (χ1v) is 8.90. The van der Waals surface area contributed by atoms with E-state index >= 15 is 0 Å². The van der Waals surface area contributed by atoms with Crippen LogP contribution >= 0.6 is 0 Å². The average molecular weight is 357 g/mol. The number of para-hydroxylation sites is 1. The topological polar surface area (TPSA) is 31.2 Å². The lowest BCUT2D eigenvalue weighted by molar-refractivity contribution is 0.101. The SMILES string of the molecule is CCn1c2ccccc2c2cc(/C=C3\Oc4ccc(F)cc4C3=O)ccc21. The van der Waals surface area contributed by atoms with Crippen LogP contribution in [0.4, 0.5) is 4.39 Å². The number of fused-ring (bicyclic) bond motifs is 4. The van der Waals surface area contributed by atoms with Gasteiger partial charge in [-0.1, -0.05) is 24.3 Å². The largest absolute Gasteiger partial charge is 0.452 e. The Bertz CT molecular complexity index is 1270. The van der Waals surface area contributed by atoms with Crippen molar-refractivity contribution in [2.45, 2.75) is 13.5 Å². The molecule has 4 aromatic rings. The zero-order valence-corrected chi connectivity index (χ0v) is 14.7. The Morgan fingerprint density at radius 1 is 1.00 bits per heavy atom. The minimum atomic E-state index is -0.444. The van der Waals surface area contributed by atoms with Crippen molar-refractivity contribution >= 4 is 33.7 Å². The Hall–Kier alpha value is -3.40. The van der Waals surface area contributed by atoms with Gasteiger partial charge in [-0.3, -0.25) is 4.79 Å². The van der Waals surface area contributed by atoms with Gasteiger partial charge in [0.25, 0.3) is 0 Å². The normalized spacial score (nSPS) is 14.9. The summed E-state index contributed by atoms with van der Waals surface area (Å²) in [5.74, 6) is -0.119. The van der Waals surface area contributed by atoms with E-state index in [2.05, 4.69) is 35.8 Å². The second kappa shape index (κ2) is 5.81. The summed E-state index contributed by atoms with van der Waals surface area (Å²) < 4.78 is 21.3. The lowest BCUT2D eigenvalue weighted by atomic mass is 10.1. The van der Waals surface area contributed by atoms with E-state index in [-0.39, 0.29) is 17.1 Å². The fraction of sp³-hybridized carbons (Fsp3) is 0.0870. The minimum Gasteiger partial charge on any atom is -0.452 e. The Morgan fingerprint density at radius 3 is 2.67 bits per heavy atom. The molecule has 27 heavy (non-hydrogen) atoms. The van der Waals surface area contributed by atoms with Gasteiger partial charge in [0.2, 0.25) is 5.78 Å². The van der Waals surface area contributed by atoms with Crippen LogP contribution in [0.25, 0.3) is 27.9 Å². The Kier molecular flexibility index (Phi) is 3.41. The molecule has 0 saturated carbocycles. The highest BCUT2D eigenvalue weighted by molar-refractivity contribution is 6.15. The number of rotatable bonds is 2. The van der Waals surface area contributed by atoms with Gasteiger partial charge in [-0.2, -0.15) is 0 Å². The lowest BCUT2D eigenvalue weighted by Crippen LogP contribution is -1.98. The number of benzene rings is 3. The number of hydrogen-bond donors (Lipinski definition) is 0. The van der Waals surface area contributed by atoms with Crippen LogP contribution in [0.1, 0.15) is 22.8 Å². The van der Waals surface area contributed by atoms with E-state index in [1.165, 1.54) is 29.1 Å². The molecule has 0 radical (unpaired) electrons. The first-order valence-electron chi connectivity index (χ1n) is 8.90. The molecule has 2 heterocycles. The number of aromatic nitrogens is 1. The van der Waals surface area contributed by atoms with Crippen LogP contribution in [0.15, 0.2) is 66.4 Å². The number of Topliss-reactive ketones (excluding diaryl/α,β-unsaturated/α-hetero) is 1.